The van der Waals surface area contributed by atoms with Crippen molar-refractivity contribution in [2.75, 3.05) is 0 Å². The summed E-state index contributed by atoms with van der Waals surface area (Å²) in [6.07, 6.45) is 3.83. The highest BCUT2D eigenvalue weighted by atomic mass is 32.2. The smallest absolute Gasteiger partial charge is 0.138 e. The molecule has 0 aliphatic heterocycles. The van der Waals surface area contributed by atoms with Gasteiger partial charge in [0.15, 0.2) is 0 Å². The summed E-state index contributed by atoms with van der Waals surface area (Å²) in [6, 6.07) is 8.87. The van der Waals surface area contributed by atoms with Crippen molar-refractivity contribution in [2.24, 2.45) is 0 Å². The number of nitrogens with zero attached hydrogens (tertiary/aromatic N) is 2. The van der Waals surface area contributed by atoms with Gasteiger partial charge in [-0.3, -0.25) is 0 Å². The van der Waals surface area contributed by atoms with E-state index in [1.165, 1.54) is 10.5 Å². The Bertz CT molecular complexity index is 538. The molecule has 0 fully saturated rings. The Morgan fingerprint density at radius 3 is 2.50 bits per heavy atom. The van der Waals surface area contributed by atoms with Gasteiger partial charge in [-0.05, 0) is 18.6 Å². The summed E-state index contributed by atoms with van der Waals surface area (Å²) < 4.78 is 0. The minimum Gasteiger partial charge on any atom is -0.310 e. The molecule has 0 saturated heterocycles. The average Bonchev–Trinajstić information content (AvgIpc) is 2.45. The predicted molar refractivity (Wildman–Crippen MR) is 84.7 cm³/mol. The fourth-order valence-corrected chi connectivity index (χ4v) is 2.63. The molecule has 2 rings (SSSR count). The minimum atomic E-state index is 0.478. The predicted octanol–water partition coefficient (Wildman–Crippen LogP) is 3.58. The molecule has 20 heavy (non-hydrogen) atoms. The van der Waals surface area contributed by atoms with Crippen LogP contribution >= 0.6 is 11.8 Å². The van der Waals surface area contributed by atoms with Gasteiger partial charge in [0, 0.05) is 35.4 Å². The zero-order valence-corrected chi connectivity index (χ0v) is 13.1. The Morgan fingerprint density at radius 1 is 1.15 bits per heavy atom. The number of benzene rings is 1. The molecule has 0 aliphatic carbocycles. The normalized spacial score (nSPS) is 11.0. The van der Waals surface area contributed by atoms with Crippen molar-refractivity contribution >= 4 is 11.8 Å². The van der Waals surface area contributed by atoms with E-state index in [1.807, 2.05) is 12.4 Å². The third kappa shape index (κ3) is 4.62. The molecule has 0 atom stereocenters. The number of nitrogens with one attached hydrogen (secondary N) is 1. The van der Waals surface area contributed by atoms with Crippen molar-refractivity contribution in [2.45, 2.75) is 44.0 Å². The van der Waals surface area contributed by atoms with Gasteiger partial charge in [0.1, 0.15) is 5.82 Å². The molecule has 1 N–H and O–H groups in total. The topological polar surface area (TPSA) is 37.8 Å². The SMILES string of the molecule is Cc1ccccc1SCc1ncc(CNC(C)C)cn1. The standard InChI is InChI=1S/C16H21N3S/c1-12(2)17-8-14-9-18-16(19-10-14)11-20-15-7-5-4-6-13(15)3/h4-7,9-10,12,17H,8,11H2,1-3H3. The van der Waals surface area contributed by atoms with Crippen LogP contribution in [0.5, 0.6) is 0 Å². The van der Waals surface area contributed by atoms with E-state index in [0.717, 1.165) is 23.7 Å². The Balaban J connectivity index is 1.89. The number of thioether (sulfide) groups is 1. The molecule has 2 aromatic rings. The van der Waals surface area contributed by atoms with Crippen LogP contribution in [0.1, 0.15) is 30.8 Å². The van der Waals surface area contributed by atoms with Crippen LogP contribution in [0.15, 0.2) is 41.6 Å². The summed E-state index contributed by atoms with van der Waals surface area (Å²) in [5, 5.41) is 3.36. The third-order valence-electron chi connectivity index (χ3n) is 2.92. The second-order valence-corrected chi connectivity index (χ2v) is 6.11. The van der Waals surface area contributed by atoms with E-state index in [4.69, 9.17) is 0 Å². The monoisotopic (exact) mass is 287 g/mol. The molecule has 4 heteroatoms. The molecule has 0 bridgehead atoms. The lowest BCUT2D eigenvalue weighted by Gasteiger charge is -2.08. The van der Waals surface area contributed by atoms with E-state index in [2.05, 4.69) is 60.3 Å². The van der Waals surface area contributed by atoms with Gasteiger partial charge in [-0.2, -0.15) is 0 Å². The fourth-order valence-electron chi connectivity index (χ4n) is 1.73. The molecule has 0 saturated carbocycles. The van der Waals surface area contributed by atoms with Gasteiger partial charge >= 0.3 is 0 Å². The van der Waals surface area contributed by atoms with Gasteiger partial charge in [0.05, 0.1) is 5.75 Å². The highest BCUT2D eigenvalue weighted by Crippen LogP contribution is 2.24. The van der Waals surface area contributed by atoms with E-state index in [0.29, 0.717) is 6.04 Å². The first-order valence-corrected chi connectivity index (χ1v) is 7.85. The molecule has 0 unspecified atom stereocenters. The maximum Gasteiger partial charge on any atom is 0.138 e. The maximum absolute atomic E-state index is 4.43. The molecular weight excluding hydrogens is 266 g/mol. The molecular formula is C16H21N3S. The van der Waals surface area contributed by atoms with Crippen LogP contribution in [-0.4, -0.2) is 16.0 Å². The molecule has 0 aliphatic rings. The largest absolute Gasteiger partial charge is 0.310 e. The number of hydrogen-bond acceptors (Lipinski definition) is 4. The quantitative estimate of drug-likeness (QED) is 0.824. The molecule has 106 valence electrons. The second-order valence-electron chi connectivity index (χ2n) is 5.10. The van der Waals surface area contributed by atoms with Crippen molar-refractivity contribution in [3.05, 3.63) is 53.6 Å². The van der Waals surface area contributed by atoms with Crippen LogP contribution in [-0.2, 0) is 12.3 Å². The molecule has 0 spiro atoms. The molecule has 0 amide bonds. The van der Waals surface area contributed by atoms with Gasteiger partial charge in [-0.1, -0.05) is 32.0 Å². The molecule has 3 nitrogen and oxygen atoms in total. The molecule has 1 heterocycles. The number of hydrogen-bond donors (Lipinski definition) is 1. The van der Waals surface area contributed by atoms with E-state index in [9.17, 15) is 0 Å². The average molecular weight is 287 g/mol. The lowest BCUT2D eigenvalue weighted by molar-refractivity contribution is 0.586. The number of rotatable bonds is 6. The first-order chi connectivity index (χ1) is 9.65. The van der Waals surface area contributed by atoms with Gasteiger partial charge in [0.2, 0.25) is 0 Å². The first-order valence-electron chi connectivity index (χ1n) is 6.87. The lowest BCUT2D eigenvalue weighted by Crippen LogP contribution is -2.22. The Morgan fingerprint density at radius 2 is 1.85 bits per heavy atom. The molecule has 0 radical (unpaired) electrons. The first kappa shape index (κ1) is 15.0. The van der Waals surface area contributed by atoms with Gasteiger partial charge in [-0.25, -0.2) is 9.97 Å². The Labute approximate surface area is 125 Å². The number of aryl methyl sites for hydroxylation is 1. The van der Waals surface area contributed by atoms with Gasteiger partial charge in [0.25, 0.3) is 0 Å². The van der Waals surface area contributed by atoms with Crippen LogP contribution in [0.3, 0.4) is 0 Å². The van der Waals surface area contributed by atoms with Crippen LogP contribution < -0.4 is 5.32 Å². The summed E-state index contributed by atoms with van der Waals surface area (Å²) in [6.45, 7) is 7.22. The van der Waals surface area contributed by atoms with Crippen LogP contribution in [0, 0.1) is 6.92 Å². The third-order valence-corrected chi connectivity index (χ3v) is 4.10. The van der Waals surface area contributed by atoms with Crippen LogP contribution in [0.4, 0.5) is 0 Å². The Kier molecular flexibility index (Phi) is 5.56. The van der Waals surface area contributed by atoms with Crippen molar-refractivity contribution in [3.8, 4) is 0 Å². The van der Waals surface area contributed by atoms with Crippen LogP contribution in [0.25, 0.3) is 0 Å². The summed E-state index contributed by atoms with van der Waals surface area (Å²) in [5.74, 6) is 1.69. The summed E-state index contributed by atoms with van der Waals surface area (Å²) in [4.78, 5) is 10.2. The van der Waals surface area contributed by atoms with E-state index in [1.54, 1.807) is 11.8 Å². The summed E-state index contributed by atoms with van der Waals surface area (Å²) in [7, 11) is 0. The molecule has 1 aromatic carbocycles. The molecule has 1 aromatic heterocycles. The summed E-state index contributed by atoms with van der Waals surface area (Å²) >= 11 is 1.78. The Hall–Kier alpha value is -1.39. The number of aromatic nitrogens is 2. The highest BCUT2D eigenvalue weighted by molar-refractivity contribution is 7.98. The van der Waals surface area contributed by atoms with Crippen molar-refractivity contribution in [1.29, 1.82) is 0 Å². The highest BCUT2D eigenvalue weighted by Gasteiger charge is 2.02. The maximum atomic E-state index is 4.43. The van der Waals surface area contributed by atoms with E-state index < -0.39 is 0 Å². The van der Waals surface area contributed by atoms with Crippen molar-refractivity contribution in [3.63, 3.8) is 0 Å². The van der Waals surface area contributed by atoms with E-state index in [-0.39, 0.29) is 0 Å². The lowest BCUT2D eigenvalue weighted by atomic mass is 10.2. The van der Waals surface area contributed by atoms with E-state index >= 15 is 0 Å². The van der Waals surface area contributed by atoms with Gasteiger partial charge < -0.3 is 5.32 Å². The fraction of sp³-hybridized carbons (Fsp3) is 0.375. The van der Waals surface area contributed by atoms with Crippen molar-refractivity contribution in [1.82, 2.24) is 15.3 Å². The summed E-state index contributed by atoms with van der Waals surface area (Å²) in [5.41, 5.74) is 2.43. The van der Waals surface area contributed by atoms with Crippen LogP contribution in [0.2, 0.25) is 0 Å². The zero-order chi connectivity index (χ0) is 14.4. The van der Waals surface area contributed by atoms with Gasteiger partial charge in [-0.15, -0.1) is 11.8 Å². The minimum absolute atomic E-state index is 0.478. The van der Waals surface area contributed by atoms with Crippen molar-refractivity contribution < 1.29 is 0 Å². The second kappa shape index (κ2) is 7.41. The zero-order valence-electron chi connectivity index (χ0n) is 12.3.